The number of methoxy groups -OCH3 is 1. The highest BCUT2D eigenvalue weighted by atomic mass is 35.5. The number of aliphatic carboxylic acids is 1. The molecule has 3 N–H and O–H groups in total. The van der Waals surface area contributed by atoms with Gasteiger partial charge in [-0.05, 0) is 51.8 Å². The van der Waals surface area contributed by atoms with Crippen LogP contribution < -0.4 is 15.4 Å². The topological polar surface area (TPSA) is 126 Å². The molecular weight excluding hydrogens is 529 g/mol. The molecule has 1 aliphatic heterocycles. The number of amides is 1. The molecule has 1 amide bonds. The van der Waals surface area contributed by atoms with E-state index in [0.29, 0.717) is 47.4 Å². The minimum Gasteiger partial charge on any atom is -0.496 e. The summed E-state index contributed by atoms with van der Waals surface area (Å²) in [7, 11) is 1.50. The smallest absolute Gasteiger partial charge is 0.410 e. The molecule has 4 rings (SSSR count). The Morgan fingerprint density at radius 1 is 1.26 bits per heavy atom. The Labute approximate surface area is 230 Å². The Kier molecular flexibility index (Phi) is 8.12. The second-order valence-corrected chi connectivity index (χ2v) is 10.8. The SMILES string of the molecule is COc1cc2ncnc(Nc3cccc(Cl)c3F)c2cc1CNC1(C(=O)O)CCCN(C(=O)OC(C)(C)C)C1. The minimum absolute atomic E-state index is 0.0307. The molecule has 0 saturated carbocycles. The van der Waals surface area contributed by atoms with Crippen LogP contribution in [0.1, 0.15) is 39.2 Å². The van der Waals surface area contributed by atoms with E-state index in [1.165, 1.54) is 30.5 Å². The minimum atomic E-state index is -1.40. The van der Waals surface area contributed by atoms with Crippen molar-refractivity contribution in [3.8, 4) is 5.75 Å². The van der Waals surface area contributed by atoms with Crippen molar-refractivity contribution in [2.45, 2.75) is 51.3 Å². The monoisotopic (exact) mass is 559 g/mol. The number of nitrogens with zero attached hydrogens (tertiary/aromatic N) is 3. The van der Waals surface area contributed by atoms with Gasteiger partial charge in [-0.2, -0.15) is 0 Å². The average Bonchev–Trinajstić information content (AvgIpc) is 2.89. The maximum Gasteiger partial charge on any atom is 0.410 e. The number of carboxylic acids is 1. The van der Waals surface area contributed by atoms with Gasteiger partial charge in [0.15, 0.2) is 5.82 Å². The summed E-state index contributed by atoms with van der Waals surface area (Å²) < 4.78 is 25.6. The van der Waals surface area contributed by atoms with Crippen molar-refractivity contribution in [1.82, 2.24) is 20.2 Å². The number of piperidine rings is 1. The molecular formula is C27H31ClFN5O5. The zero-order chi connectivity index (χ0) is 28.4. The van der Waals surface area contributed by atoms with E-state index < -0.39 is 29.0 Å². The third-order valence-corrected chi connectivity index (χ3v) is 6.70. The fraction of sp³-hybridized carbons (Fsp3) is 0.407. The number of rotatable bonds is 7. The number of anilines is 2. The maximum absolute atomic E-state index is 14.5. The molecule has 208 valence electrons. The Balaban J connectivity index is 1.63. The van der Waals surface area contributed by atoms with Gasteiger partial charge in [0.05, 0.1) is 29.9 Å². The fourth-order valence-electron chi connectivity index (χ4n) is 4.48. The van der Waals surface area contributed by atoms with Gasteiger partial charge in [0, 0.05) is 30.1 Å². The van der Waals surface area contributed by atoms with E-state index >= 15 is 0 Å². The first-order valence-corrected chi connectivity index (χ1v) is 12.8. The van der Waals surface area contributed by atoms with Gasteiger partial charge in [-0.15, -0.1) is 0 Å². The van der Waals surface area contributed by atoms with Crippen LogP contribution in [0.3, 0.4) is 0 Å². The molecule has 0 radical (unpaired) electrons. The molecule has 2 heterocycles. The lowest BCUT2D eigenvalue weighted by Crippen LogP contribution is -2.62. The molecule has 1 aromatic heterocycles. The lowest BCUT2D eigenvalue weighted by Gasteiger charge is -2.40. The van der Waals surface area contributed by atoms with Gasteiger partial charge in [0.25, 0.3) is 0 Å². The number of likely N-dealkylation sites (tertiary alicyclic amines) is 1. The zero-order valence-corrected chi connectivity index (χ0v) is 22.9. The number of halogens is 2. The number of aromatic nitrogens is 2. The molecule has 1 unspecified atom stereocenters. The van der Waals surface area contributed by atoms with Crippen molar-refractivity contribution in [2.75, 3.05) is 25.5 Å². The lowest BCUT2D eigenvalue weighted by molar-refractivity contribution is -0.147. The van der Waals surface area contributed by atoms with E-state index in [4.69, 9.17) is 21.1 Å². The highest BCUT2D eigenvalue weighted by molar-refractivity contribution is 6.31. The summed E-state index contributed by atoms with van der Waals surface area (Å²) in [5, 5.41) is 16.9. The summed E-state index contributed by atoms with van der Waals surface area (Å²) in [5.74, 6) is -0.866. The molecule has 1 atom stereocenters. The van der Waals surface area contributed by atoms with Crippen molar-refractivity contribution in [2.24, 2.45) is 0 Å². The number of hydrogen-bond donors (Lipinski definition) is 3. The number of fused-ring (bicyclic) bond motifs is 1. The Morgan fingerprint density at radius 2 is 2.03 bits per heavy atom. The van der Waals surface area contributed by atoms with Crippen LogP contribution in [0.2, 0.25) is 5.02 Å². The molecule has 3 aromatic rings. The van der Waals surface area contributed by atoms with Gasteiger partial charge < -0.3 is 24.8 Å². The molecule has 12 heteroatoms. The standard InChI is InChI=1S/C27H31ClFN5O5/c1-26(2,3)39-25(37)34-10-6-9-27(14-34,24(35)36)32-13-16-11-17-20(12-21(16)38-4)30-15-31-23(17)33-19-8-5-7-18(28)22(19)29/h5,7-8,11-12,15,32H,6,9-10,13-14H2,1-4H3,(H,35,36)(H,30,31,33). The van der Waals surface area contributed by atoms with Crippen molar-refractivity contribution < 1.29 is 28.6 Å². The van der Waals surface area contributed by atoms with E-state index in [2.05, 4.69) is 20.6 Å². The van der Waals surface area contributed by atoms with Crippen LogP contribution in [0, 0.1) is 5.82 Å². The first kappa shape index (κ1) is 28.3. The molecule has 0 spiro atoms. The Morgan fingerprint density at radius 3 is 2.72 bits per heavy atom. The second kappa shape index (κ2) is 11.2. The van der Waals surface area contributed by atoms with E-state index in [9.17, 15) is 19.1 Å². The summed E-state index contributed by atoms with van der Waals surface area (Å²) in [5.41, 5.74) is -0.782. The molecule has 1 fully saturated rings. The van der Waals surface area contributed by atoms with Crippen molar-refractivity contribution >= 4 is 46.1 Å². The fourth-order valence-corrected chi connectivity index (χ4v) is 4.66. The number of benzene rings is 2. The quantitative estimate of drug-likeness (QED) is 0.361. The molecule has 10 nitrogen and oxygen atoms in total. The molecule has 0 aliphatic carbocycles. The number of carboxylic acid groups (broad SMARTS) is 1. The van der Waals surface area contributed by atoms with Gasteiger partial charge in [0.2, 0.25) is 0 Å². The number of nitrogens with one attached hydrogen (secondary N) is 2. The van der Waals surface area contributed by atoms with Crippen LogP contribution in [-0.4, -0.2) is 63.4 Å². The van der Waals surface area contributed by atoms with E-state index in [1.54, 1.807) is 39.0 Å². The van der Waals surface area contributed by atoms with Crippen LogP contribution >= 0.6 is 11.6 Å². The maximum atomic E-state index is 14.5. The summed E-state index contributed by atoms with van der Waals surface area (Å²) in [4.78, 5) is 35.2. The van der Waals surface area contributed by atoms with Crippen LogP contribution in [0.25, 0.3) is 10.9 Å². The van der Waals surface area contributed by atoms with Gasteiger partial charge in [-0.3, -0.25) is 10.1 Å². The normalized spacial score (nSPS) is 17.6. The molecule has 1 saturated heterocycles. The highest BCUT2D eigenvalue weighted by Gasteiger charge is 2.44. The Hall–Kier alpha value is -3.70. The number of carbonyl (C=O) groups is 2. The molecule has 1 aliphatic rings. The van der Waals surface area contributed by atoms with Crippen LogP contribution in [0.5, 0.6) is 5.75 Å². The van der Waals surface area contributed by atoms with Crippen LogP contribution in [0.4, 0.5) is 20.7 Å². The van der Waals surface area contributed by atoms with Gasteiger partial charge in [-0.25, -0.2) is 19.2 Å². The van der Waals surface area contributed by atoms with E-state index in [0.717, 1.165) is 0 Å². The second-order valence-electron chi connectivity index (χ2n) is 10.4. The molecule has 39 heavy (non-hydrogen) atoms. The first-order valence-electron chi connectivity index (χ1n) is 12.4. The zero-order valence-electron chi connectivity index (χ0n) is 22.2. The largest absolute Gasteiger partial charge is 0.496 e. The number of hydrogen-bond acceptors (Lipinski definition) is 8. The highest BCUT2D eigenvalue weighted by Crippen LogP contribution is 2.32. The summed E-state index contributed by atoms with van der Waals surface area (Å²) in [6.07, 6.45) is 1.60. The summed E-state index contributed by atoms with van der Waals surface area (Å²) in [6.45, 7) is 5.73. The van der Waals surface area contributed by atoms with Crippen LogP contribution in [-0.2, 0) is 16.1 Å². The third-order valence-electron chi connectivity index (χ3n) is 6.41. The molecule has 0 bridgehead atoms. The lowest BCUT2D eigenvalue weighted by atomic mass is 9.88. The first-order chi connectivity index (χ1) is 18.4. The summed E-state index contributed by atoms with van der Waals surface area (Å²) in [6, 6.07) is 8.07. The van der Waals surface area contributed by atoms with Gasteiger partial charge in [0.1, 0.15) is 29.0 Å². The molecule has 2 aromatic carbocycles. The Bertz CT molecular complexity index is 1400. The number of ether oxygens (including phenoxy) is 2. The van der Waals surface area contributed by atoms with Gasteiger partial charge in [-0.1, -0.05) is 17.7 Å². The van der Waals surface area contributed by atoms with E-state index in [1.807, 2.05) is 0 Å². The third kappa shape index (κ3) is 6.31. The van der Waals surface area contributed by atoms with Gasteiger partial charge >= 0.3 is 12.1 Å². The van der Waals surface area contributed by atoms with Crippen molar-refractivity contribution in [1.29, 1.82) is 0 Å². The van der Waals surface area contributed by atoms with Crippen molar-refractivity contribution in [3.63, 3.8) is 0 Å². The summed E-state index contributed by atoms with van der Waals surface area (Å²) >= 11 is 5.93. The predicted octanol–water partition coefficient (Wildman–Crippen LogP) is 5.12. The number of carbonyl (C=O) groups excluding carboxylic acids is 1. The van der Waals surface area contributed by atoms with Crippen LogP contribution in [0.15, 0.2) is 36.7 Å². The van der Waals surface area contributed by atoms with E-state index in [-0.39, 0.29) is 23.8 Å². The predicted molar refractivity (Wildman–Crippen MR) is 145 cm³/mol. The average molecular weight is 560 g/mol. The van der Waals surface area contributed by atoms with Crippen molar-refractivity contribution in [3.05, 3.63) is 53.1 Å².